The number of pyridine rings is 1. The van der Waals surface area contributed by atoms with Gasteiger partial charge in [-0.2, -0.15) is 0 Å². The van der Waals surface area contributed by atoms with Crippen LogP contribution in [0.4, 0.5) is 10.5 Å². The number of likely N-dealkylation sites (N-methyl/N-ethyl adjacent to an activating group) is 1. The SMILES string of the molecule is CN1CCC[C@@H]1C(=O)N1CC=C(c2ccc(NC(=O)N3Cc4ccncc4C3)cc2)CC1. The third-order valence-electron chi connectivity index (χ3n) is 6.85. The Morgan fingerprint density at radius 1 is 1.03 bits per heavy atom. The Labute approximate surface area is 188 Å². The minimum absolute atomic E-state index is 0.0486. The van der Waals surface area contributed by atoms with E-state index in [2.05, 4.69) is 21.3 Å². The lowest BCUT2D eigenvalue weighted by atomic mass is 9.98. The molecule has 5 rings (SSSR count). The fraction of sp³-hybridized carbons (Fsp3) is 0.400. The average Bonchev–Trinajstić information content (AvgIpc) is 3.45. The fourth-order valence-corrected chi connectivity index (χ4v) is 4.90. The number of nitrogens with one attached hydrogen (secondary N) is 1. The Hall–Kier alpha value is -3.19. The first kappa shape index (κ1) is 20.7. The molecule has 4 heterocycles. The van der Waals surface area contributed by atoms with Gasteiger partial charge in [0, 0.05) is 44.3 Å². The summed E-state index contributed by atoms with van der Waals surface area (Å²) in [7, 11) is 2.04. The summed E-state index contributed by atoms with van der Waals surface area (Å²) in [5.74, 6) is 0.262. The second-order valence-electron chi connectivity index (χ2n) is 8.91. The minimum Gasteiger partial charge on any atom is -0.337 e. The van der Waals surface area contributed by atoms with E-state index in [1.165, 1.54) is 5.57 Å². The van der Waals surface area contributed by atoms with Gasteiger partial charge in [-0.1, -0.05) is 18.2 Å². The summed E-state index contributed by atoms with van der Waals surface area (Å²) in [6, 6.07) is 9.91. The van der Waals surface area contributed by atoms with Crippen LogP contribution in [0.15, 0.2) is 48.8 Å². The standard InChI is InChI=1S/C25H29N5O2/c1-28-12-2-3-23(28)24(31)29-13-9-19(10-14-29)18-4-6-22(7-5-18)27-25(32)30-16-20-8-11-26-15-21(20)17-30/h4-9,11,15,23H,2-3,10,12-14,16-17H2,1H3,(H,27,32)/t23-/m1/s1. The lowest BCUT2D eigenvalue weighted by Crippen LogP contribution is -2.45. The second-order valence-corrected chi connectivity index (χ2v) is 8.91. The van der Waals surface area contributed by atoms with E-state index in [-0.39, 0.29) is 18.0 Å². The number of fused-ring (bicyclic) bond motifs is 1. The van der Waals surface area contributed by atoms with Gasteiger partial charge in [-0.25, -0.2) is 4.79 Å². The number of aromatic nitrogens is 1. The smallest absolute Gasteiger partial charge is 0.322 e. The third-order valence-corrected chi connectivity index (χ3v) is 6.85. The van der Waals surface area contributed by atoms with Gasteiger partial charge < -0.3 is 15.1 Å². The average molecular weight is 432 g/mol. The maximum atomic E-state index is 12.8. The highest BCUT2D eigenvalue weighted by atomic mass is 16.2. The van der Waals surface area contributed by atoms with E-state index in [0.717, 1.165) is 54.7 Å². The molecule has 3 aliphatic heterocycles. The largest absolute Gasteiger partial charge is 0.337 e. The number of nitrogens with zero attached hydrogens (tertiary/aromatic N) is 4. The highest BCUT2D eigenvalue weighted by Crippen LogP contribution is 2.26. The molecule has 3 amide bonds. The number of benzene rings is 1. The van der Waals surface area contributed by atoms with Gasteiger partial charge in [0.15, 0.2) is 0 Å². The Morgan fingerprint density at radius 3 is 2.53 bits per heavy atom. The van der Waals surface area contributed by atoms with Crippen LogP contribution < -0.4 is 5.32 Å². The molecule has 2 aromatic rings. The highest BCUT2D eigenvalue weighted by Gasteiger charge is 2.32. The number of carbonyl (C=O) groups excluding carboxylic acids is 2. The Bertz CT molecular complexity index is 1020. The molecule has 166 valence electrons. The number of hydrogen-bond acceptors (Lipinski definition) is 4. The molecule has 1 saturated heterocycles. The molecule has 1 atom stereocenters. The molecule has 32 heavy (non-hydrogen) atoms. The van der Waals surface area contributed by atoms with Gasteiger partial charge in [0.25, 0.3) is 0 Å². The fourth-order valence-electron chi connectivity index (χ4n) is 4.90. The molecule has 0 bridgehead atoms. The summed E-state index contributed by atoms with van der Waals surface area (Å²) < 4.78 is 0. The predicted octanol–water partition coefficient (Wildman–Crippen LogP) is 3.34. The topological polar surface area (TPSA) is 68.8 Å². The van der Waals surface area contributed by atoms with E-state index < -0.39 is 0 Å². The van der Waals surface area contributed by atoms with Crippen LogP contribution in [0.5, 0.6) is 0 Å². The quantitative estimate of drug-likeness (QED) is 0.809. The number of likely N-dealkylation sites (tertiary alicyclic amines) is 1. The molecule has 1 N–H and O–H groups in total. The Kier molecular flexibility index (Phi) is 5.66. The number of anilines is 1. The van der Waals surface area contributed by atoms with Crippen molar-refractivity contribution in [3.05, 3.63) is 65.5 Å². The molecule has 0 radical (unpaired) electrons. The number of amides is 3. The molecule has 1 aromatic carbocycles. The normalized spacial score (nSPS) is 20.8. The van der Waals surface area contributed by atoms with Crippen LogP contribution in [-0.4, -0.2) is 64.3 Å². The van der Waals surface area contributed by atoms with E-state index in [9.17, 15) is 9.59 Å². The van der Waals surface area contributed by atoms with Crippen molar-refractivity contribution in [1.29, 1.82) is 0 Å². The maximum Gasteiger partial charge on any atom is 0.322 e. The second kappa shape index (κ2) is 8.74. The third kappa shape index (κ3) is 4.12. The Morgan fingerprint density at radius 2 is 1.84 bits per heavy atom. The number of carbonyl (C=O) groups is 2. The molecule has 0 unspecified atom stereocenters. The highest BCUT2D eigenvalue weighted by molar-refractivity contribution is 5.90. The summed E-state index contributed by atoms with van der Waals surface area (Å²) in [5, 5.41) is 3.00. The van der Waals surface area contributed by atoms with Crippen LogP contribution in [0.1, 0.15) is 36.0 Å². The van der Waals surface area contributed by atoms with Crippen molar-refractivity contribution in [3.8, 4) is 0 Å². The molecular weight excluding hydrogens is 402 g/mol. The van der Waals surface area contributed by atoms with Gasteiger partial charge in [0.1, 0.15) is 0 Å². The van der Waals surface area contributed by atoms with Crippen molar-refractivity contribution < 1.29 is 9.59 Å². The van der Waals surface area contributed by atoms with Crippen molar-refractivity contribution in [2.45, 2.75) is 38.4 Å². The van der Waals surface area contributed by atoms with Crippen molar-refractivity contribution in [2.75, 3.05) is 32.0 Å². The van der Waals surface area contributed by atoms with Gasteiger partial charge in [-0.05, 0) is 73.3 Å². The number of urea groups is 1. The summed E-state index contributed by atoms with van der Waals surface area (Å²) in [4.78, 5) is 35.5. The van der Waals surface area contributed by atoms with Crippen LogP contribution in [0, 0.1) is 0 Å². The van der Waals surface area contributed by atoms with Crippen LogP contribution >= 0.6 is 0 Å². The van der Waals surface area contributed by atoms with Crippen LogP contribution in [0.25, 0.3) is 5.57 Å². The van der Waals surface area contributed by atoms with E-state index in [1.807, 2.05) is 48.5 Å². The van der Waals surface area contributed by atoms with Gasteiger partial charge in [-0.3, -0.25) is 14.7 Å². The first-order valence-electron chi connectivity index (χ1n) is 11.3. The molecule has 0 saturated carbocycles. The molecule has 1 aromatic heterocycles. The summed E-state index contributed by atoms with van der Waals surface area (Å²) in [6.07, 6.45) is 8.69. The lowest BCUT2D eigenvalue weighted by Gasteiger charge is -2.31. The van der Waals surface area contributed by atoms with E-state index >= 15 is 0 Å². The lowest BCUT2D eigenvalue weighted by molar-refractivity contribution is -0.135. The zero-order valence-electron chi connectivity index (χ0n) is 18.5. The first-order valence-corrected chi connectivity index (χ1v) is 11.3. The monoisotopic (exact) mass is 431 g/mol. The van der Waals surface area contributed by atoms with Crippen molar-refractivity contribution >= 4 is 23.2 Å². The predicted molar refractivity (Wildman–Crippen MR) is 124 cm³/mol. The molecule has 1 fully saturated rings. The summed E-state index contributed by atoms with van der Waals surface area (Å²) in [6.45, 7) is 3.64. The molecule has 7 heteroatoms. The zero-order valence-corrected chi connectivity index (χ0v) is 18.5. The number of hydrogen-bond donors (Lipinski definition) is 1. The number of rotatable bonds is 3. The van der Waals surface area contributed by atoms with Crippen molar-refractivity contribution in [2.24, 2.45) is 0 Å². The van der Waals surface area contributed by atoms with Crippen LogP contribution in [0.3, 0.4) is 0 Å². The molecule has 7 nitrogen and oxygen atoms in total. The van der Waals surface area contributed by atoms with Gasteiger partial charge in [0.2, 0.25) is 5.91 Å². The van der Waals surface area contributed by atoms with E-state index in [1.54, 1.807) is 11.1 Å². The van der Waals surface area contributed by atoms with Gasteiger partial charge in [-0.15, -0.1) is 0 Å². The van der Waals surface area contributed by atoms with Gasteiger partial charge >= 0.3 is 6.03 Å². The molecule has 0 spiro atoms. The van der Waals surface area contributed by atoms with E-state index in [0.29, 0.717) is 19.6 Å². The van der Waals surface area contributed by atoms with Gasteiger partial charge in [0.05, 0.1) is 6.04 Å². The molecule has 3 aliphatic rings. The van der Waals surface area contributed by atoms with Crippen molar-refractivity contribution in [3.63, 3.8) is 0 Å². The zero-order chi connectivity index (χ0) is 22.1. The maximum absolute atomic E-state index is 12.8. The minimum atomic E-state index is -0.100. The Balaban J connectivity index is 1.17. The van der Waals surface area contributed by atoms with Crippen LogP contribution in [-0.2, 0) is 17.9 Å². The van der Waals surface area contributed by atoms with Crippen molar-refractivity contribution in [1.82, 2.24) is 19.7 Å². The first-order chi connectivity index (χ1) is 15.6. The molecule has 0 aliphatic carbocycles. The summed E-state index contributed by atoms with van der Waals surface area (Å²) >= 11 is 0. The molecular formula is C25H29N5O2. The van der Waals surface area contributed by atoms with Crippen LogP contribution in [0.2, 0.25) is 0 Å². The summed E-state index contributed by atoms with van der Waals surface area (Å²) in [5.41, 5.74) is 5.45. The van der Waals surface area contributed by atoms with E-state index in [4.69, 9.17) is 0 Å².